The molecule has 0 radical (unpaired) electrons. The third-order valence-corrected chi connectivity index (χ3v) is 2.87. The number of carboxylic acid groups (broad SMARTS) is 1. The van der Waals surface area contributed by atoms with Crippen LogP contribution in [0.15, 0.2) is 29.1 Å². The van der Waals surface area contributed by atoms with Gasteiger partial charge in [-0.1, -0.05) is 5.21 Å². The minimum Gasteiger partial charge on any atom is -0.480 e. The van der Waals surface area contributed by atoms with Crippen molar-refractivity contribution in [3.63, 3.8) is 0 Å². The Morgan fingerprint density at radius 3 is 3.00 bits per heavy atom. The fourth-order valence-electron chi connectivity index (χ4n) is 1.55. The summed E-state index contributed by atoms with van der Waals surface area (Å²) < 4.78 is 2.51. The van der Waals surface area contributed by atoms with Crippen LogP contribution >= 0.6 is 15.9 Å². The highest BCUT2D eigenvalue weighted by Crippen LogP contribution is 2.10. The summed E-state index contributed by atoms with van der Waals surface area (Å²) in [4.78, 5) is 14.7. The number of hydrogen-bond acceptors (Lipinski definition) is 5. The standard InChI is InChI=1S/C11H12BrN5O2/c12-8-1-7(3-14-4-8)5-17-6-9(15-16-17)2-10(13)11(18)19/h1,3-4,6,10H,2,5,13H2,(H,18,19). The molecule has 0 saturated carbocycles. The van der Waals surface area contributed by atoms with Crippen molar-refractivity contribution in [2.45, 2.75) is 19.0 Å². The average Bonchev–Trinajstić information content (AvgIpc) is 2.76. The number of rotatable bonds is 5. The van der Waals surface area contributed by atoms with E-state index >= 15 is 0 Å². The minimum absolute atomic E-state index is 0.159. The first-order chi connectivity index (χ1) is 9.04. The smallest absolute Gasteiger partial charge is 0.320 e. The first kappa shape index (κ1) is 13.6. The molecule has 2 heterocycles. The first-order valence-corrected chi connectivity index (χ1v) is 6.30. The lowest BCUT2D eigenvalue weighted by Gasteiger charge is -2.02. The molecule has 7 nitrogen and oxygen atoms in total. The Bertz CT molecular complexity index is 586. The zero-order valence-corrected chi connectivity index (χ0v) is 11.5. The van der Waals surface area contributed by atoms with Gasteiger partial charge in [0, 0.05) is 29.5 Å². The van der Waals surface area contributed by atoms with Gasteiger partial charge in [0.1, 0.15) is 6.04 Å². The maximum atomic E-state index is 10.6. The van der Waals surface area contributed by atoms with Gasteiger partial charge >= 0.3 is 5.97 Å². The van der Waals surface area contributed by atoms with Gasteiger partial charge in [0.05, 0.1) is 12.2 Å². The van der Waals surface area contributed by atoms with Crippen molar-refractivity contribution < 1.29 is 9.90 Å². The molecule has 0 aliphatic rings. The molecule has 2 aromatic rings. The molecule has 19 heavy (non-hydrogen) atoms. The van der Waals surface area contributed by atoms with Crippen molar-refractivity contribution in [3.05, 3.63) is 40.4 Å². The van der Waals surface area contributed by atoms with Gasteiger partial charge in [-0.3, -0.25) is 9.78 Å². The van der Waals surface area contributed by atoms with Crippen LogP contribution in [0.1, 0.15) is 11.3 Å². The normalized spacial score (nSPS) is 12.3. The summed E-state index contributed by atoms with van der Waals surface area (Å²) in [5.74, 6) is -1.05. The van der Waals surface area contributed by atoms with E-state index in [1.165, 1.54) is 0 Å². The van der Waals surface area contributed by atoms with E-state index in [1.54, 1.807) is 23.3 Å². The van der Waals surface area contributed by atoms with Gasteiger partial charge in [-0.15, -0.1) is 5.10 Å². The van der Waals surface area contributed by atoms with E-state index in [9.17, 15) is 4.79 Å². The molecule has 0 fully saturated rings. The summed E-state index contributed by atoms with van der Waals surface area (Å²) in [5.41, 5.74) is 6.96. The third-order valence-electron chi connectivity index (χ3n) is 2.44. The van der Waals surface area contributed by atoms with Crippen LogP contribution < -0.4 is 5.73 Å². The first-order valence-electron chi connectivity index (χ1n) is 5.51. The van der Waals surface area contributed by atoms with E-state index in [0.717, 1.165) is 10.0 Å². The van der Waals surface area contributed by atoms with Gasteiger partial charge in [0.25, 0.3) is 0 Å². The Morgan fingerprint density at radius 1 is 1.53 bits per heavy atom. The molecule has 0 saturated heterocycles. The second-order valence-corrected chi connectivity index (χ2v) is 4.98. The van der Waals surface area contributed by atoms with Gasteiger partial charge in [-0.25, -0.2) is 4.68 Å². The second kappa shape index (κ2) is 5.89. The summed E-state index contributed by atoms with van der Waals surface area (Å²) in [6.45, 7) is 0.516. The number of hydrogen-bond donors (Lipinski definition) is 2. The minimum atomic E-state index is -1.05. The topological polar surface area (TPSA) is 107 Å². The van der Waals surface area contributed by atoms with Crippen LogP contribution in [0, 0.1) is 0 Å². The summed E-state index contributed by atoms with van der Waals surface area (Å²) in [6, 6.07) is 0.967. The largest absolute Gasteiger partial charge is 0.480 e. The van der Waals surface area contributed by atoms with Crippen LogP contribution in [-0.4, -0.2) is 37.1 Å². The van der Waals surface area contributed by atoms with Gasteiger partial charge in [0.2, 0.25) is 0 Å². The van der Waals surface area contributed by atoms with Crippen molar-refractivity contribution >= 4 is 21.9 Å². The van der Waals surface area contributed by atoms with E-state index in [2.05, 4.69) is 31.2 Å². The van der Waals surface area contributed by atoms with Crippen molar-refractivity contribution in [2.24, 2.45) is 5.73 Å². The van der Waals surface area contributed by atoms with E-state index in [1.807, 2.05) is 6.07 Å². The monoisotopic (exact) mass is 325 g/mol. The second-order valence-electron chi connectivity index (χ2n) is 4.07. The number of pyridine rings is 1. The number of halogens is 1. The molecule has 2 aromatic heterocycles. The molecule has 1 unspecified atom stereocenters. The Hall–Kier alpha value is -1.80. The fraction of sp³-hybridized carbons (Fsp3) is 0.273. The Balaban J connectivity index is 2.03. The van der Waals surface area contributed by atoms with Gasteiger partial charge in [0.15, 0.2) is 0 Å². The number of aliphatic carboxylic acids is 1. The summed E-state index contributed by atoms with van der Waals surface area (Å²) >= 11 is 3.34. The van der Waals surface area contributed by atoms with Crippen LogP contribution in [0.5, 0.6) is 0 Å². The molecule has 0 spiro atoms. The van der Waals surface area contributed by atoms with Gasteiger partial charge < -0.3 is 10.8 Å². The predicted molar refractivity (Wildman–Crippen MR) is 70.4 cm³/mol. The number of carboxylic acids is 1. The quantitative estimate of drug-likeness (QED) is 0.825. The molecule has 0 aliphatic carbocycles. The van der Waals surface area contributed by atoms with Crippen molar-refractivity contribution in [1.82, 2.24) is 20.0 Å². The number of nitrogens with zero attached hydrogens (tertiary/aromatic N) is 4. The molecular formula is C11H12BrN5O2. The lowest BCUT2D eigenvalue weighted by atomic mass is 10.2. The van der Waals surface area contributed by atoms with Crippen LogP contribution in [-0.2, 0) is 17.8 Å². The van der Waals surface area contributed by atoms with Crippen LogP contribution in [0.3, 0.4) is 0 Å². The Kier molecular flexibility index (Phi) is 4.23. The summed E-state index contributed by atoms with van der Waals surface area (Å²) in [6.07, 6.45) is 5.27. The Morgan fingerprint density at radius 2 is 2.32 bits per heavy atom. The van der Waals surface area contributed by atoms with E-state index in [4.69, 9.17) is 10.8 Å². The summed E-state index contributed by atoms with van der Waals surface area (Å²) in [5, 5.41) is 16.5. The average molecular weight is 326 g/mol. The van der Waals surface area contributed by atoms with Gasteiger partial charge in [-0.2, -0.15) is 0 Å². The molecular weight excluding hydrogens is 314 g/mol. The lowest BCUT2D eigenvalue weighted by molar-refractivity contribution is -0.138. The SMILES string of the molecule is NC(Cc1cn(Cc2cncc(Br)c2)nn1)C(=O)O. The zero-order valence-electron chi connectivity index (χ0n) is 9.90. The van der Waals surface area contributed by atoms with Crippen molar-refractivity contribution in [3.8, 4) is 0 Å². The summed E-state index contributed by atoms with van der Waals surface area (Å²) in [7, 11) is 0. The predicted octanol–water partition coefficient (Wildman–Crippen LogP) is 0.438. The highest BCUT2D eigenvalue weighted by molar-refractivity contribution is 9.10. The third kappa shape index (κ3) is 3.83. The number of aromatic nitrogens is 4. The zero-order chi connectivity index (χ0) is 13.8. The molecule has 1 atom stereocenters. The number of nitrogens with two attached hydrogens (primary N) is 1. The Labute approximate surface area is 117 Å². The highest BCUT2D eigenvalue weighted by Gasteiger charge is 2.14. The molecule has 2 rings (SSSR count). The molecule has 0 aromatic carbocycles. The fourth-order valence-corrected chi connectivity index (χ4v) is 1.96. The molecule has 0 aliphatic heterocycles. The maximum Gasteiger partial charge on any atom is 0.320 e. The molecule has 100 valence electrons. The lowest BCUT2D eigenvalue weighted by Crippen LogP contribution is -2.32. The number of carbonyl (C=O) groups is 1. The maximum absolute atomic E-state index is 10.6. The highest BCUT2D eigenvalue weighted by atomic mass is 79.9. The van der Waals surface area contributed by atoms with Crippen LogP contribution in [0.4, 0.5) is 0 Å². The van der Waals surface area contributed by atoms with E-state index in [-0.39, 0.29) is 6.42 Å². The van der Waals surface area contributed by atoms with Crippen LogP contribution in [0.25, 0.3) is 0 Å². The molecule has 0 amide bonds. The van der Waals surface area contributed by atoms with Crippen molar-refractivity contribution in [1.29, 1.82) is 0 Å². The molecule has 0 bridgehead atoms. The molecule has 8 heteroatoms. The van der Waals surface area contributed by atoms with E-state index in [0.29, 0.717) is 12.2 Å². The van der Waals surface area contributed by atoms with Gasteiger partial charge in [-0.05, 0) is 27.6 Å². The van der Waals surface area contributed by atoms with E-state index < -0.39 is 12.0 Å². The molecule has 3 N–H and O–H groups in total. The van der Waals surface area contributed by atoms with Crippen molar-refractivity contribution in [2.75, 3.05) is 0 Å². The van der Waals surface area contributed by atoms with Crippen LogP contribution in [0.2, 0.25) is 0 Å².